The second-order valence-electron chi connectivity index (χ2n) is 4.74. The maximum absolute atomic E-state index is 12.3. The van der Waals surface area contributed by atoms with Crippen molar-refractivity contribution in [3.05, 3.63) is 48.0 Å². The predicted molar refractivity (Wildman–Crippen MR) is 81.1 cm³/mol. The molecule has 0 radical (unpaired) electrons. The molecule has 2 N–H and O–H groups in total. The van der Waals surface area contributed by atoms with Gasteiger partial charge in [-0.05, 0) is 24.2 Å². The molecule has 0 aliphatic heterocycles. The second-order valence-corrected chi connectivity index (χ2v) is 6.51. The van der Waals surface area contributed by atoms with Crippen molar-refractivity contribution < 1.29 is 8.42 Å². The molecule has 0 fully saturated rings. The number of rotatable bonds is 7. The second kappa shape index (κ2) is 6.84. The minimum Gasteiger partial charge on any atom is -0.352 e. The van der Waals surface area contributed by atoms with E-state index in [-0.39, 0.29) is 11.4 Å². The number of nitrogens with one attached hydrogen (secondary N) is 2. The lowest BCUT2D eigenvalue weighted by molar-refractivity contribution is 0.581. The molecule has 0 unspecified atom stereocenters. The highest BCUT2D eigenvalue weighted by atomic mass is 32.2. The van der Waals surface area contributed by atoms with Crippen molar-refractivity contribution in [3.8, 4) is 0 Å². The number of aryl methyl sites for hydroxylation is 1. The molecule has 0 spiro atoms. The van der Waals surface area contributed by atoms with Gasteiger partial charge in [-0.15, -0.1) is 0 Å². The molecule has 0 amide bonds. The molecule has 0 saturated carbocycles. The molecule has 0 aliphatic carbocycles. The minimum absolute atomic E-state index is 0.230. The first-order chi connectivity index (χ1) is 10.0. The summed E-state index contributed by atoms with van der Waals surface area (Å²) in [5.74, 6) is 0. The SMILES string of the molecule is CCNCc1cc(S(=O)(=O)NCc2cccnc2)cn1C. The Hall–Kier alpha value is -1.70. The van der Waals surface area contributed by atoms with E-state index < -0.39 is 10.0 Å². The van der Waals surface area contributed by atoms with Gasteiger partial charge < -0.3 is 9.88 Å². The molecule has 0 atom stereocenters. The largest absolute Gasteiger partial charge is 0.352 e. The summed E-state index contributed by atoms with van der Waals surface area (Å²) in [4.78, 5) is 4.24. The van der Waals surface area contributed by atoms with Gasteiger partial charge in [0.15, 0.2) is 0 Å². The number of hydrogen-bond donors (Lipinski definition) is 2. The molecule has 2 aromatic rings. The van der Waals surface area contributed by atoms with E-state index in [2.05, 4.69) is 15.0 Å². The molecule has 21 heavy (non-hydrogen) atoms. The molecule has 0 bridgehead atoms. The van der Waals surface area contributed by atoms with Crippen LogP contribution in [-0.2, 0) is 30.2 Å². The monoisotopic (exact) mass is 308 g/mol. The van der Waals surface area contributed by atoms with Gasteiger partial charge in [0.25, 0.3) is 0 Å². The average Bonchev–Trinajstić information content (AvgIpc) is 2.86. The number of sulfonamides is 1. The summed E-state index contributed by atoms with van der Waals surface area (Å²) >= 11 is 0. The number of nitrogens with zero attached hydrogens (tertiary/aromatic N) is 2. The third kappa shape index (κ3) is 4.13. The van der Waals surface area contributed by atoms with Gasteiger partial charge in [-0.1, -0.05) is 13.0 Å². The van der Waals surface area contributed by atoms with E-state index in [0.717, 1.165) is 17.8 Å². The zero-order valence-electron chi connectivity index (χ0n) is 12.2. The van der Waals surface area contributed by atoms with E-state index in [9.17, 15) is 8.42 Å². The normalized spacial score (nSPS) is 11.7. The minimum atomic E-state index is -3.51. The van der Waals surface area contributed by atoms with Crippen molar-refractivity contribution in [2.75, 3.05) is 6.54 Å². The first-order valence-electron chi connectivity index (χ1n) is 6.77. The van der Waals surface area contributed by atoms with E-state index in [0.29, 0.717) is 6.54 Å². The lowest BCUT2D eigenvalue weighted by atomic mass is 10.3. The zero-order valence-corrected chi connectivity index (χ0v) is 13.0. The summed E-state index contributed by atoms with van der Waals surface area (Å²) in [6.07, 6.45) is 4.92. The quantitative estimate of drug-likeness (QED) is 0.800. The van der Waals surface area contributed by atoms with Crippen LogP contribution in [0.1, 0.15) is 18.2 Å². The van der Waals surface area contributed by atoms with E-state index in [1.54, 1.807) is 30.7 Å². The molecule has 0 aliphatic rings. The van der Waals surface area contributed by atoms with Gasteiger partial charge >= 0.3 is 0 Å². The lowest BCUT2D eigenvalue weighted by Crippen LogP contribution is -2.22. The van der Waals surface area contributed by atoms with Crippen LogP contribution < -0.4 is 10.0 Å². The Morgan fingerprint density at radius 2 is 2.14 bits per heavy atom. The Morgan fingerprint density at radius 1 is 1.33 bits per heavy atom. The molecule has 7 heteroatoms. The van der Waals surface area contributed by atoms with Crippen LogP contribution in [0.15, 0.2) is 41.7 Å². The molecule has 114 valence electrons. The first kappa shape index (κ1) is 15.7. The summed E-state index contributed by atoms with van der Waals surface area (Å²) < 4.78 is 29.0. The fourth-order valence-corrected chi connectivity index (χ4v) is 3.03. The van der Waals surface area contributed by atoms with Gasteiger partial charge in [-0.3, -0.25) is 4.98 Å². The fourth-order valence-electron chi connectivity index (χ4n) is 1.92. The van der Waals surface area contributed by atoms with Gasteiger partial charge in [0.05, 0.1) is 4.90 Å². The topological polar surface area (TPSA) is 76.0 Å². The molecular formula is C14H20N4O2S. The van der Waals surface area contributed by atoms with E-state index in [1.165, 1.54) is 0 Å². The standard InChI is InChI=1S/C14H20N4O2S/c1-3-15-10-13-7-14(11-18(13)2)21(19,20)17-9-12-5-4-6-16-8-12/h4-8,11,15,17H,3,9-10H2,1-2H3. The lowest BCUT2D eigenvalue weighted by Gasteiger charge is -2.04. The third-order valence-electron chi connectivity index (χ3n) is 3.14. The van der Waals surface area contributed by atoms with Crippen LogP contribution in [-0.4, -0.2) is 24.5 Å². The number of pyridine rings is 1. The van der Waals surface area contributed by atoms with Crippen LogP contribution in [0.4, 0.5) is 0 Å². The highest BCUT2D eigenvalue weighted by molar-refractivity contribution is 7.89. The Kier molecular flexibility index (Phi) is 5.11. The van der Waals surface area contributed by atoms with Gasteiger partial charge in [-0.25, -0.2) is 13.1 Å². The maximum atomic E-state index is 12.3. The number of hydrogen-bond acceptors (Lipinski definition) is 4. The maximum Gasteiger partial charge on any atom is 0.242 e. The predicted octanol–water partition coefficient (Wildman–Crippen LogP) is 1.01. The highest BCUT2D eigenvalue weighted by Crippen LogP contribution is 2.13. The molecule has 2 aromatic heterocycles. The highest BCUT2D eigenvalue weighted by Gasteiger charge is 2.17. The Labute approximate surface area is 125 Å². The average molecular weight is 308 g/mol. The zero-order chi connectivity index (χ0) is 15.3. The van der Waals surface area contributed by atoms with Crippen molar-refractivity contribution in [2.45, 2.75) is 24.9 Å². The molecular weight excluding hydrogens is 288 g/mol. The summed E-state index contributed by atoms with van der Waals surface area (Å²) in [5, 5.41) is 3.18. The summed E-state index contributed by atoms with van der Waals surface area (Å²) in [6, 6.07) is 5.30. The van der Waals surface area contributed by atoms with E-state index >= 15 is 0 Å². The fraction of sp³-hybridized carbons (Fsp3) is 0.357. The van der Waals surface area contributed by atoms with Crippen LogP contribution in [0.2, 0.25) is 0 Å². The smallest absolute Gasteiger partial charge is 0.242 e. The van der Waals surface area contributed by atoms with Crippen molar-refractivity contribution >= 4 is 10.0 Å². The van der Waals surface area contributed by atoms with Gasteiger partial charge in [0.2, 0.25) is 10.0 Å². The van der Waals surface area contributed by atoms with Crippen molar-refractivity contribution in [1.29, 1.82) is 0 Å². The van der Waals surface area contributed by atoms with Crippen molar-refractivity contribution in [2.24, 2.45) is 7.05 Å². The van der Waals surface area contributed by atoms with Crippen LogP contribution in [0.5, 0.6) is 0 Å². The summed E-state index contributed by atoms with van der Waals surface area (Å²) in [5.41, 5.74) is 1.75. The van der Waals surface area contributed by atoms with Crippen molar-refractivity contribution in [1.82, 2.24) is 19.6 Å². The van der Waals surface area contributed by atoms with Crippen LogP contribution >= 0.6 is 0 Å². The van der Waals surface area contributed by atoms with Gasteiger partial charge in [0.1, 0.15) is 0 Å². The molecule has 2 rings (SSSR count). The van der Waals surface area contributed by atoms with E-state index in [4.69, 9.17) is 0 Å². The van der Waals surface area contributed by atoms with Gasteiger partial charge in [-0.2, -0.15) is 0 Å². The summed E-state index contributed by atoms with van der Waals surface area (Å²) in [7, 11) is -1.67. The third-order valence-corrected chi connectivity index (χ3v) is 4.51. The summed E-state index contributed by atoms with van der Waals surface area (Å²) in [6.45, 7) is 3.72. The van der Waals surface area contributed by atoms with Crippen LogP contribution in [0, 0.1) is 0 Å². The Balaban J connectivity index is 2.09. The van der Waals surface area contributed by atoms with Gasteiger partial charge in [0, 0.05) is 44.4 Å². The molecule has 2 heterocycles. The van der Waals surface area contributed by atoms with Crippen molar-refractivity contribution in [3.63, 3.8) is 0 Å². The molecule has 0 aromatic carbocycles. The van der Waals surface area contributed by atoms with E-state index in [1.807, 2.05) is 24.6 Å². The Morgan fingerprint density at radius 3 is 2.81 bits per heavy atom. The molecule has 6 nitrogen and oxygen atoms in total. The van der Waals surface area contributed by atoms with Crippen LogP contribution in [0.3, 0.4) is 0 Å². The molecule has 0 saturated heterocycles. The Bertz CT molecular complexity index is 680. The first-order valence-corrected chi connectivity index (χ1v) is 8.26. The van der Waals surface area contributed by atoms with Crippen LogP contribution in [0.25, 0.3) is 0 Å². The number of aromatic nitrogens is 2.